The van der Waals surface area contributed by atoms with Crippen molar-refractivity contribution in [3.63, 3.8) is 0 Å². The van der Waals surface area contributed by atoms with E-state index in [4.69, 9.17) is 4.74 Å². The summed E-state index contributed by atoms with van der Waals surface area (Å²) in [6, 6.07) is 12.5. The average molecular weight is 430 g/mol. The Morgan fingerprint density at radius 2 is 1.73 bits per heavy atom. The number of anilines is 2. The van der Waals surface area contributed by atoms with Crippen LogP contribution in [0, 0.1) is 0 Å². The number of para-hydroxylation sites is 1. The second kappa shape index (κ2) is 8.66. The van der Waals surface area contributed by atoms with Gasteiger partial charge in [0, 0.05) is 12.1 Å². The Bertz CT molecular complexity index is 1080. The number of ether oxygens (including phenoxy) is 1. The molecule has 1 atom stereocenters. The van der Waals surface area contributed by atoms with Gasteiger partial charge in [0.2, 0.25) is 10.0 Å². The summed E-state index contributed by atoms with van der Waals surface area (Å²) in [4.78, 5) is 36.4. The molecule has 0 aliphatic carbocycles. The zero-order valence-corrected chi connectivity index (χ0v) is 17.4. The Balaban J connectivity index is 1.64. The number of Topliss-reactive ketones (excluding diaryl/α,β-unsaturated/α-hetero) is 1. The van der Waals surface area contributed by atoms with Crippen LogP contribution in [0.15, 0.2) is 48.5 Å². The fraction of sp³-hybridized carbons (Fsp3) is 0.286. The smallest absolute Gasteiger partial charge is 0.338 e. The van der Waals surface area contributed by atoms with Crippen LogP contribution in [0.3, 0.4) is 0 Å². The normalized spacial score (nSPS) is 16.0. The maximum absolute atomic E-state index is 12.4. The third-order valence-electron chi connectivity index (χ3n) is 4.71. The monoisotopic (exact) mass is 430 g/mol. The molecule has 8 nitrogen and oxygen atoms in total. The first-order chi connectivity index (χ1) is 14.2. The molecule has 30 heavy (non-hydrogen) atoms. The van der Waals surface area contributed by atoms with Crippen LogP contribution in [0.4, 0.5) is 11.4 Å². The number of nitrogens with zero attached hydrogens (tertiary/aromatic N) is 1. The molecule has 1 fully saturated rings. The van der Waals surface area contributed by atoms with Crippen LogP contribution >= 0.6 is 0 Å². The van der Waals surface area contributed by atoms with Crippen LogP contribution in [0.2, 0.25) is 0 Å². The molecule has 0 spiro atoms. The molecule has 0 aromatic heterocycles. The molecule has 1 heterocycles. The first-order valence-corrected chi connectivity index (χ1v) is 11.0. The largest absolute Gasteiger partial charge is 0.449 e. The van der Waals surface area contributed by atoms with Crippen LogP contribution in [-0.4, -0.2) is 44.5 Å². The van der Waals surface area contributed by atoms with Crippen molar-refractivity contribution < 1.29 is 27.5 Å². The molecule has 0 bridgehead atoms. The molecule has 3 rings (SSSR count). The number of nitrogens with one attached hydrogen (secondary N) is 1. The minimum atomic E-state index is -3.30. The Kier molecular flexibility index (Phi) is 6.21. The molecule has 2 aromatic rings. The average Bonchev–Trinajstić information content (AvgIpc) is 3.07. The molecule has 0 radical (unpaired) electrons. The number of hydrogen-bond donors (Lipinski definition) is 1. The third-order valence-corrected chi connectivity index (χ3v) is 6.58. The Morgan fingerprint density at radius 3 is 2.33 bits per heavy atom. The maximum atomic E-state index is 12.4. The number of ketones is 1. The fourth-order valence-corrected chi connectivity index (χ4v) is 4.67. The Hall–Kier alpha value is -3.20. The molecule has 158 valence electrons. The lowest BCUT2D eigenvalue weighted by atomic mass is 10.1. The number of esters is 1. The van der Waals surface area contributed by atoms with Gasteiger partial charge in [-0.25, -0.2) is 13.2 Å². The van der Waals surface area contributed by atoms with E-state index < -0.39 is 28.0 Å². The fourth-order valence-electron chi connectivity index (χ4n) is 3.11. The van der Waals surface area contributed by atoms with E-state index in [-0.39, 0.29) is 17.1 Å². The number of carbonyl (C=O) groups excluding carboxylic acids is 3. The highest BCUT2D eigenvalue weighted by atomic mass is 32.2. The van der Waals surface area contributed by atoms with E-state index in [1.807, 2.05) is 0 Å². The van der Waals surface area contributed by atoms with E-state index in [1.165, 1.54) is 42.4 Å². The van der Waals surface area contributed by atoms with Crippen LogP contribution in [0.5, 0.6) is 0 Å². The Labute approximate surface area is 174 Å². The lowest BCUT2D eigenvalue weighted by Gasteiger charge is -2.17. The van der Waals surface area contributed by atoms with Gasteiger partial charge >= 0.3 is 5.97 Å². The van der Waals surface area contributed by atoms with Gasteiger partial charge in [0.05, 0.1) is 22.7 Å². The van der Waals surface area contributed by atoms with Crippen molar-refractivity contribution in [3.8, 4) is 0 Å². The van der Waals surface area contributed by atoms with Crippen molar-refractivity contribution in [2.24, 2.45) is 0 Å². The van der Waals surface area contributed by atoms with Gasteiger partial charge in [-0.2, -0.15) is 0 Å². The van der Waals surface area contributed by atoms with Crippen molar-refractivity contribution in [1.82, 2.24) is 0 Å². The molecular weight excluding hydrogens is 408 g/mol. The molecule has 1 aliphatic heterocycles. The molecule has 1 unspecified atom stereocenters. The van der Waals surface area contributed by atoms with Gasteiger partial charge in [-0.15, -0.1) is 0 Å². The summed E-state index contributed by atoms with van der Waals surface area (Å²) in [5, 5.41) is 2.59. The molecule has 1 N–H and O–H groups in total. The van der Waals surface area contributed by atoms with Crippen molar-refractivity contribution in [3.05, 3.63) is 59.7 Å². The second-order valence-corrected chi connectivity index (χ2v) is 8.94. The van der Waals surface area contributed by atoms with Crippen LogP contribution in [-0.2, 0) is 19.6 Å². The van der Waals surface area contributed by atoms with E-state index in [9.17, 15) is 22.8 Å². The highest BCUT2D eigenvalue weighted by Gasteiger charge is 2.28. The number of amides is 1. The Morgan fingerprint density at radius 1 is 1.07 bits per heavy atom. The zero-order valence-electron chi connectivity index (χ0n) is 16.6. The SMILES string of the molecule is CC(=O)c1ccccc1NC(=O)C(C)OC(=O)c1ccc(N2CCCS2(=O)=O)cc1. The molecule has 1 aliphatic rings. The third kappa shape index (κ3) is 4.68. The maximum Gasteiger partial charge on any atom is 0.338 e. The van der Waals surface area contributed by atoms with E-state index in [1.54, 1.807) is 24.3 Å². The summed E-state index contributed by atoms with van der Waals surface area (Å²) in [6.07, 6.45) is -0.540. The van der Waals surface area contributed by atoms with Crippen molar-refractivity contribution >= 4 is 39.1 Å². The molecule has 1 amide bonds. The molecule has 2 aromatic carbocycles. The number of sulfonamides is 1. The standard InChI is InChI=1S/C21H22N2O6S/c1-14(24)18-6-3-4-7-19(18)22-20(25)15(2)29-21(26)16-8-10-17(11-9-16)23-12-5-13-30(23,27)28/h3-4,6-11,15H,5,12-13H2,1-2H3,(H,22,25). The number of benzene rings is 2. The van der Waals surface area contributed by atoms with Gasteiger partial charge in [0.25, 0.3) is 5.91 Å². The van der Waals surface area contributed by atoms with Crippen molar-refractivity contribution in [2.75, 3.05) is 21.9 Å². The predicted octanol–water partition coefficient (Wildman–Crippen LogP) is 2.61. The number of hydrogen-bond acceptors (Lipinski definition) is 6. The van der Waals surface area contributed by atoms with E-state index in [2.05, 4.69) is 5.32 Å². The van der Waals surface area contributed by atoms with Gasteiger partial charge < -0.3 is 10.1 Å². The molecule has 0 saturated carbocycles. The summed E-state index contributed by atoms with van der Waals surface area (Å²) in [6.45, 7) is 3.23. The summed E-state index contributed by atoms with van der Waals surface area (Å²) in [5.41, 5.74) is 1.38. The summed E-state index contributed by atoms with van der Waals surface area (Å²) in [5.74, 6) is -1.38. The minimum absolute atomic E-state index is 0.107. The van der Waals surface area contributed by atoms with Gasteiger partial charge in [-0.05, 0) is 56.7 Å². The van der Waals surface area contributed by atoms with Crippen LogP contribution in [0.1, 0.15) is 41.0 Å². The number of carbonyl (C=O) groups is 3. The summed E-state index contributed by atoms with van der Waals surface area (Å²) >= 11 is 0. The first kappa shape index (κ1) is 21.5. The van der Waals surface area contributed by atoms with Gasteiger partial charge in [0.15, 0.2) is 11.9 Å². The topological polar surface area (TPSA) is 110 Å². The highest BCUT2D eigenvalue weighted by molar-refractivity contribution is 7.93. The zero-order chi connectivity index (χ0) is 21.9. The lowest BCUT2D eigenvalue weighted by molar-refractivity contribution is -0.123. The predicted molar refractivity (Wildman–Crippen MR) is 112 cm³/mol. The number of rotatable bonds is 6. The molecular formula is C21H22N2O6S. The van der Waals surface area contributed by atoms with Gasteiger partial charge in [-0.3, -0.25) is 13.9 Å². The van der Waals surface area contributed by atoms with Gasteiger partial charge in [0.1, 0.15) is 0 Å². The van der Waals surface area contributed by atoms with Crippen molar-refractivity contribution in [2.45, 2.75) is 26.4 Å². The first-order valence-electron chi connectivity index (χ1n) is 9.41. The van der Waals surface area contributed by atoms with E-state index in [0.717, 1.165) is 0 Å². The quantitative estimate of drug-likeness (QED) is 0.557. The van der Waals surface area contributed by atoms with Crippen LogP contribution in [0.25, 0.3) is 0 Å². The molecule has 9 heteroatoms. The minimum Gasteiger partial charge on any atom is -0.449 e. The van der Waals surface area contributed by atoms with Crippen LogP contribution < -0.4 is 9.62 Å². The van der Waals surface area contributed by atoms with Gasteiger partial charge in [-0.1, -0.05) is 12.1 Å². The molecule has 1 saturated heterocycles. The van der Waals surface area contributed by atoms with E-state index in [0.29, 0.717) is 29.9 Å². The van der Waals surface area contributed by atoms with Crippen molar-refractivity contribution in [1.29, 1.82) is 0 Å². The summed E-state index contributed by atoms with van der Waals surface area (Å²) < 4.78 is 30.5. The van der Waals surface area contributed by atoms with E-state index >= 15 is 0 Å². The summed E-state index contributed by atoms with van der Waals surface area (Å²) in [7, 11) is -3.30. The highest BCUT2D eigenvalue weighted by Crippen LogP contribution is 2.24. The second-order valence-electron chi connectivity index (χ2n) is 6.93. The lowest BCUT2D eigenvalue weighted by Crippen LogP contribution is -2.30.